The van der Waals surface area contributed by atoms with Gasteiger partial charge in [0.25, 0.3) is 0 Å². The Bertz CT molecular complexity index is 174. The first-order valence-electron chi connectivity index (χ1n) is 6.63. The van der Waals surface area contributed by atoms with Crippen molar-refractivity contribution >= 4 is 0 Å². The first-order valence-corrected chi connectivity index (χ1v) is 6.63. The molecule has 90 valence electrons. The van der Waals surface area contributed by atoms with Gasteiger partial charge in [0.1, 0.15) is 0 Å². The van der Waals surface area contributed by atoms with Gasteiger partial charge in [-0.1, -0.05) is 27.7 Å². The summed E-state index contributed by atoms with van der Waals surface area (Å²) < 4.78 is 0. The molecular formula is C14H29N. The zero-order chi connectivity index (χ0) is 11.5. The quantitative estimate of drug-likeness (QED) is 0.671. The molecule has 1 nitrogen and oxygen atoms in total. The molecule has 1 aliphatic heterocycles. The van der Waals surface area contributed by atoms with Crippen molar-refractivity contribution in [2.75, 3.05) is 20.1 Å². The third kappa shape index (κ3) is 3.48. The standard InChI is InChI=1S/C14H29N/c1-12(2)14(3,4)13-8-6-10-15(5)11-7-9-13/h12-13H,6-11H2,1-5H3. The van der Waals surface area contributed by atoms with Crippen LogP contribution in [-0.4, -0.2) is 25.0 Å². The van der Waals surface area contributed by atoms with E-state index < -0.39 is 0 Å². The van der Waals surface area contributed by atoms with Crippen LogP contribution in [0.3, 0.4) is 0 Å². The fraction of sp³-hybridized carbons (Fsp3) is 1.00. The van der Waals surface area contributed by atoms with Crippen LogP contribution in [0.15, 0.2) is 0 Å². The van der Waals surface area contributed by atoms with Crippen LogP contribution in [-0.2, 0) is 0 Å². The van der Waals surface area contributed by atoms with E-state index in [9.17, 15) is 0 Å². The summed E-state index contributed by atoms with van der Waals surface area (Å²) in [6, 6.07) is 0. The second kappa shape index (κ2) is 5.34. The highest BCUT2D eigenvalue weighted by molar-refractivity contribution is 4.82. The van der Waals surface area contributed by atoms with Gasteiger partial charge in [-0.3, -0.25) is 0 Å². The van der Waals surface area contributed by atoms with Crippen molar-refractivity contribution in [3.8, 4) is 0 Å². The second-order valence-electron chi connectivity index (χ2n) is 6.26. The number of hydrogen-bond donors (Lipinski definition) is 0. The highest BCUT2D eigenvalue weighted by Crippen LogP contribution is 2.40. The molecule has 0 unspecified atom stereocenters. The van der Waals surface area contributed by atoms with Crippen molar-refractivity contribution in [1.29, 1.82) is 0 Å². The Balaban J connectivity index is 2.54. The van der Waals surface area contributed by atoms with E-state index >= 15 is 0 Å². The molecule has 0 aliphatic carbocycles. The van der Waals surface area contributed by atoms with E-state index in [0.717, 1.165) is 11.8 Å². The van der Waals surface area contributed by atoms with Crippen LogP contribution in [0.5, 0.6) is 0 Å². The number of rotatable bonds is 2. The van der Waals surface area contributed by atoms with Crippen LogP contribution in [0.2, 0.25) is 0 Å². The Morgan fingerprint density at radius 2 is 1.53 bits per heavy atom. The minimum atomic E-state index is 0.524. The van der Waals surface area contributed by atoms with E-state index in [1.165, 1.54) is 38.8 Å². The number of likely N-dealkylation sites (tertiary alicyclic amines) is 1. The summed E-state index contributed by atoms with van der Waals surface area (Å²) in [5.74, 6) is 1.74. The Kier molecular flexibility index (Phi) is 4.64. The third-order valence-electron chi connectivity index (χ3n) is 4.73. The molecule has 1 heterocycles. The first-order chi connectivity index (χ1) is 6.94. The third-order valence-corrected chi connectivity index (χ3v) is 4.73. The molecule has 0 spiro atoms. The van der Waals surface area contributed by atoms with Crippen LogP contribution in [0.1, 0.15) is 53.4 Å². The lowest BCUT2D eigenvalue weighted by Crippen LogP contribution is -2.33. The van der Waals surface area contributed by atoms with Crippen LogP contribution in [0, 0.1) is 17.3 Å². The van der Waals surface area contributed by atoms with Crippen molar-refractivity contribution in [2.45, 2.75) is 53.4 Å². The molecule has 0 N–H and O–H groups in total. The molecule has 0 bridgehead atoms. The van der Waals surface area contributed by atoms with E-state index in [4.69, 9.17) is 0 Å². The SMILES string of the molecule is CC(C)C(C)(C)C1CCCN(C)CCC1. The molecule has 1 saturated heterocycles. The van der Waals surface area contributed by atoms with Crippen LogP contribution < -0.4 is 0 Å². The minimum absolute atomic E-state index is 0.524. The van der Waals surface area contributed by atoms with E-state index in [1.54, 1.807) is 0 Å². The first kappa shape index (κ1) is 13.0. The summed E-state index contributed by atoms with van der Waals surface area (Å²) in [6.45, 7) is 12.3. The number of hydrogen-bond acceptors (Lipinski definition) is 1. The summed E-state index contributed by atoms with van der Waals surface area (Å²) in [5, 5.41) is 0. The topological polar surface area (TPSA) is 3.24 Å². The normalized spacial score (nSPS) is 22.8. The fourth-order valence-corrected chi connectivity index (χ4v) is 2.69. The molecule has 1 aliphatic rings. The molecule has 0 radical (unpaired) electrons. The van der Waals surface area contributed by atoms with Gasteiger partial charge < -0.3 is 4.90 Å². The molecule has 0 aromatic heterocycles. The van der Waals surface area contributed by atoms with Gasteiger partial charge in [-0.25, -0.2) is 0 Å². The average molecular weight is 211 g/mol. The molecule has 1 rings (SSSR count). The van der Waals surface area contributed by atoms with Crippen LogP contribution in [0.25, 0.3) is 0 Å². The zero-order valence-electron chi connectivity index (χ0n) is 11.3. The summed E-state index contributed by atoms with van der Waals surface area (Å²) in [4.78, 5) is 2.48. The van der Waals surface area contributed by atoms with Crippen molar-refractivity contribution in [1.82, 2.24) is 4.90 Å². The van der Waals surface area contributed by atoms with Gasteiger partial charge in [-0.05, 0) is 63.1 Å². The van der Waals surface area contributed by atoms with Gasteiger partial charge in [0.15, 0.2) is 0 Å². The minimum Gasteiger partial charge on any atom is -0.306 e. The lowest BCUT2D eigenvalue weighted by molar-refractivity contribution is 0.101. The number of nitrogens with zero attached hydrogens (tertiary/aromatic N) is 1. The maximum absolute atomic E-state index is 2.48. The van der Waals surface area contributed by atoms with Gasteiger partial charge in [-0.2, -0.15) is 0 Å². The molecule has 0 amide bonds. The van der Waals surface area contributed by atoms with Crippen LogP contribution in [0.4, 0.5) is 0 Å². The molecule has 0 aromatic carbocycles. The Hall–Kier alpha value is -0.0400. The maximum atomic E-state index is 2.48. The van der Waals surface area contributed by atoms with E-state index in [-0.39, 0.29) is 0 Å². The zero-order valence-corrected chi connectivity index (χ0v) is 11.3. The van der Waals surface area contributed by atoms with Crippen molar-refractivity contribution in [3.05, 3.63) is 0 Å². The summed E-state index contributed by atoms with van der Waals surface area (Å²) in [7, 11) is 2.26. The molecule has 0 aromatic rings. The maximum Gasteiger partial charge on any atom is -0.00217 e. The molecule has 1 heteroatoms. The van der Waals surface area contributed by atoms with Gasteiger partial charge in [0.05, 0.1) is 0 Å². The van der Waals surface area contributed by atoms with Gasteiger partial charge in [0.2, 0.25) is 0 Å². The summed E-state index contributed by atoms with van der Waals surface area (Å²) >= 11 is 0. The van der Waals surface area contributed by atoms with Crippen molar-refractivity contribution < 1.29 is 0 Å². The predicted molar refractivity (Wildman–Crippen MR) is 68.1 cm³/mol. The van der Waals surface area contributed by atoms with E-state index in [1.807, 2.05) is 0 Å². The Morgan fingerprint density at radius 1 is 1.07 bits per heavy atom. The highest BCUT2D eigenvalue weighted by Gasteiger charge is 2.32. The largest absolute Gasteiger partial charge is 0.306 e. The molecule has 15 heavy (non-hydrogen) atoms. The smallest absolute Gasteiger partial charge is 0.00217 e. The lowest BCUT2D eigenvalue weighted by Gasteiger charge is -2.40. The highest BCUT2D eigenvalue weighted by atomic mass is 15.1. The van der Waals surface area contributed by atoms with Gasteiger partial charge >= 0.3 is 0 Å². The summed E-state index contributed by atoms with van der Waals surface area (Å²) in [6.07, 6.45) is 5.62. The Morgan fingerprint density at radius 3 is 1.93 bits per heavy atom. The van der Waals surface area contributed by atoms with Gasteiger partial charge in [0, 0.05) is 0 Å². The molecule has 1 fully saturated rings. The average Bonchev–Trinajstić information content (AvgIpc) is 2.10. The molecule has 0 atom stereocenters. The van der Waals surface area contributed by atoms with Crippen LogP contribution >= 0.6 is 0 Å². The van der Waals surface area contributed by atoms with Gasteiger partial charge in [-0.15, -0.1) is 0 Å². The Labute approximate surface area is 96.2 Å². The molecular weight excluding hydrogens is 182 g/mol. The second-order valence-corrected chi connectivity index (χ2v) is 6.26. The van der Waals surface area contributed by atoms with E-state index in [0.29, 0.717) is 5.41 Å². The van der Waals surface area contributed by atoms with Crippen molar-refractivity contribution in [2.24, 2.45) is 17.3 Å². The fourth-order valence-electron chi connectivity index (χ4n) is 2.69. The van der Waals surface area contributed by atoms with Crippen molar-refractivity contribution in [3.63, 3.8) is 0 Å². The lowest BCUT2D eigenvalue weighted by atomic mass is 9.67. The molecule has 0 saturated carbocycles. The predicted octanol–water partition coefficient (Wildman–Crippen LogP) is 3.79. The summed E-state index contributed by atoms with van der Waals surface area (Å²) in [5.41, 5.74) is 0.524. The van der Waals surface area contributed by atoms with E-state index in [2.05, 4.69) is 39.6 Å². The monoisotopic (exact) mass is 211 g/mol.